The summed E-state index contributed by atoms with van der Waals surface area (Å²) in [7, 11) is -3.67. The van der Waals surface area contributed by atoms with Crippen LogP contribution in [0.1, 0.15) is 24.3 Å². The van der Waals surface area contributed by atoms with Gasteiger partial charge >= 0.3 is 0 Å². The van der Waals surface area contributed by atoms with Gasteiger partial charge in [-0.3, -0.25) is 0 Å². The highest BCUT2D eigenvalue weighted by atomic mass is 32.2. The first-order valence-electron chi connectivity index (χ1n) is 10.5. The third kappa shape index (κ3) is 5.95. The van der Waals surface area contributed by atoms with E-state index in [1.54, 1.807) is 18.2 Å². The fourth-order valence-electron chi connectivity index (χ4n) is 3.58. The van der Waals surface area contributed by atoms with E-state index in [0.717, 1.165) is 11.4 Å². The normalized spacial score (nSPS) is 21.3. The molecule has 1 aliphatic heterocycles. The van der Waals surface area contributed by atoms with Crippen LogP contribution in [0.2, 0.25) is 0 Å². The van der Waals surface area contributed by atoms with E-state index in [2.05, 4.69) is 9.88 Å². The molecule has 0 aliphatic carbocycles. The topological polar surface area (TPSA) is 111 Å². The summed E-state index contributed by atoms with van der Waals surface area (Å²) in [5.41, 5.74) is 0.724. The molecule has 2 N–H and O–H groups in total. The van der Waals surface area contributed by atoms with E-state index in [9.17, 15) is 13.5 Å². The Balaban J connectivity index is 1.29. The van der Waals surface area contributed by atoms with Crippen molar-refractivity contribution in [2.24, 2.45) is 0 Å². The lowest BCUT2D eigenvalue weighted by molar-refractivity contribution is -0.113. The predicted molar refractivity (Wildman–Crippen MR) is 117 cm³/mol. The van der Waals surface area contributed by atoms with Crippen LogP contribution >= 0.6 is 0 Å². The van der Waals surface area contributed by atoms with Crippen LogP contribution in [0.3, 0.4) is 0 Å². The number of sulfonamides is 1. The third-order valence-corrected chi connectivity index (χ3v) is 6.72. The third-order valence-electron chi connectivity index (χ3n) is 5.28. The molecule has 170 valence electrons. The van der Waals surface area contributed by atoms with Crippen molar-refractivity contribution in [3.63, 3.8) is 0 Å². The van der Waals surface area contributed by atoms with E-state index >= 15 is 0 Å². The lowest BCUT2D eigenvalue weighted by Gasteiger charge is -2.33. The van der Waals surface area contributed by atoms with Crippen molar-refractivity contribution in [2.45, 2.75) is 49.1 Å². The molecule has 2 heterocycles. The van der Waals surface area contributed by atoms with Crippen molar-refractivity contribution in [3.05, 3.63) is 78.2 Å². The summed E-state index contributed by atoms with van der Waals surface area (Å²) in [6.45, 7) is 0.259. The van der Waals surface area contributed by atoms with Crippen LogP contribution in [0.15, 0.2) is 76.1 Å². The Labute approximate surface area is 187 Å². The maximum absolute atomic E-state index is 12.4. The Morgan fingerprint density at radius 3 is 2.53 bits per heavy atom. The number of para-hydroxylation sites is 1. The number of ether oxygens (including phenoxy) is 2. The van der Waals surface area contributed by atoms with Crippen LogP contribution in [0.4, 0.5) is 0 Å². The number of nitrogens with one attached hydrogen (secondary N) is 1. The molecule has 0 spiro atoms. The van der Waals surface area contributed by atoms with E-state index in [1.807, 2.05) is 36.4 Å². The van der Waals surface area contributed by atoms with E-state index in [0.29, 0.717) is 25.0 Å². The summed E-state index contributed by atoms with van der Waals surface area (Å²) in [6, 6.07) is 19.4. The summed E-state index contributed by atoms with van der Waals surface area (Å²) in [5, 5.41) is 14.4. The average molecular weight is 459 g/mol. The van der Waals surface area contributed by atoms with E-state index in [4.69, 9.17) is 14.0 Å². The number of aromatic nitrogens is 1. The SMILES string of the molecule is O=S(=O)(NCC1OC(Cc2cc(COc3ccccc3)on2)CCC1O)c1ccccc1. The number of hydrogen-bond acceptors (Lipinski definition) is 7. The Hall–Kier alpha value is -2.72. The van der Waals surface area contributed by atoms with Crippen molar-refractivity contribution >= 4 is 10.0 Å². The van der Waals surface area contributed by atoms with Crippen LogP contribution in [0.5, 0.6) is 5.75 Å². The van der Waals surface area contributed by atoms with Gasteiger partial charge in [-0.15, -0.1) is 0 Å². The Bertz CT molecular complexity index is 1090. The molecule has 1 saturated heterocycles. The Morgan fingerprint density at radius 1 is 1.06 bits per heavy atom. The summed E-state index contributed by atoms with van der Waals surface area (Å²) in [4.78, 5) is 0.176. The van der Waals surface area contributed by atoms with Gasteiger partial charge in [-0.2, -0.15) is 0 Å². The van der Waals surface area contributed by atoms with E-state index < -0.39 is 22.2 Å². The highest BCUT2D eigenvalue weighted by molar-refractivity contribution is 7.89. The first kappa shape index (κ1) is 22.5. The molecule has 1 aromatic heterocycles. The van der Waals surface area contributed by atoms with Crippen LogP contribution in [-0.4, -0.2) is 43.5 Å². The first-order chi connectivity index (χ1) is 15.5. The number of benzene rings is 2. The van der Waals surface area contributed by atoms with Crippen molar-refractivity contribution in [3.8, 4) is 5.75 Å². The maximum Gasteiger partial charge on any atom is 0.240 e. The molecule has 0 amide bonds. The first-order valence-corrected chi connectivity index (χ1v) is 12.0. The molecule has 3 unspecified atom stereocenters. The average Bonchev–Trinajstić information content (AvgIpc) is 3.26. The quantitative estimate of drug-likeness (QED) is 0.507. The molecule has 1 fully saturated rings. The molecule has 0 bridgehead atoms. The van der Waals surface area contributed by atoms with Gasteiger partial charge in [0.2, 0.25) is 10.0 Å². The largest absolute Gasteiger partial charge is 0.486 e. The number of rotatable bonds is 9. The molecule has 9 heteroatoms. The van der Waals surface area contributed by atoms with Gasteiger partial charge in [0, 0.05) is 19.0 Å². The number of nitrogens with zero attached hydrogens (tertiary/aromatic N) is 1. The fourth-order valence-corrected chi connectivity index (χ4v) is 4.65. The number of hydrogen-bond donors (Lipinski definition) is 2. The molecule has 32 heavy (non-hydrogen) atoms. The van der Waals surface area contributed by atoms with Crippen molar-refractivity contribution < 1.29 is 27.5 Å². The van der Waals surface area contributed by atoms with Crippen molar-refractivity contribution in [1.82, 2.24) is 9.88 Å². The van der Waals surface area contributed by atoms with Crippen molar-refractivity contribution in [2.75, 3.05) is 6.54 Å². The number of aliphatic hydroxyl groups excluding tert-OH is 1. The zero-order valence-electron chi connectivity index (χ0n) is 17.5. The summed E-state index contributed by atoms with van der Waals surface area (Å²) >= 11 is 0. The van der Waals surface area contributed by atoms with Gasteiger partial charge < -0.3 is 19.1 Å². The lowest BCUT2D eigenvalue weighted by Crippen LogP contribution is -2.46. The second-order valence-electron chi connectivity index (χ2n) is 7.70. The predicted octanol–water partition coefficient (Wildman–Crippen LogP) is 2.68. The van der Waals surface area contributed by atoms with Gasteiger partial charge in [0.05, 0.1) is 28.9 Å². The summed E-state index contributed by atoms with van der Waals surface area (Å²) < 4.78 is 44.4. The molecule has 2 aromatic carbocycles. The molecule has 4 rings (SSSR count). The van der Waals surface area contributed by atoms with Gasteiger partial charge in [-0.25, -0.2) is 13.1 Å². The van der Waals surface area contributed by atoms with Crippen molar-refractivity contribution in [1.29, 1.82) is 0 Å². The van der Waals surface area contributed by atoms with Gasteiger partial charge in [-0.05, 0) is 37.1 Å². The monoisotopic (exact) mass is 458 g/mol. The van der Waals surface area contributed by atoms with Gasteiger partial charge in [0.15, 0.2) is 5.76 Å². The molecule has 0 radical (unpaired) electrons. The van der Waals surface area contributed by atoms with E-state index in [1.165, 1.54) is 12.1 Å². The number of aliphatic hydroxyl groups is 1. The minimum Gasteiger partial charge on any atom is -0.486 e. The highest BCUT2D eigenvalue weighted by Crippen LogP contribution is 2.23. The zero-order valence-corrected chi connectivity index (χ0v) is 18.3. The minimum absolute atomic E-state index is 0.0100. The molecular weight excluding hydrogens is 432 g/mol. The van der Waals surface area contributed by atoms with Gasteiger partial charge in [0.1, 0.15) is 12.4 Å². The standard InChI is InChI=1S/C23H26N2O6S/c26-22-12-11-19(30-23(22)15-24-32(27,28)21-9-5-2-6-10-21)13-17-14-20(31-25-17)16-29-18-7-3-1-4-8-18/h1-10,14,19,22-24,26H,11-13,15-16H2. The lowest BCUT2D eigenvalue weighted by atomic mass is 9.98. The summed E-state index contributed by atoms with van der Waals surface area (Å²) in [6.07, 6.45) is 0.0917. The smallest absolute Gasteiger partial charge is 0.240 e. The molecule has 8 nitrogen and oxygen atoms in total. The maximum atomic E-state index is 12.4. The summed E-state index contributed by atoms with van der Waals surface area (Å²) in [5.74, 6) is 1.35. The molecule has 3 aromatic rings. The minimum atomic E-state index is -3.67. The Kier molecular flexibility index (Phi) is 7.21. The second-order valence-corrected chi connectivity index (χ2v) is 9.46. The van der Waals surface area contributed by atoms with Crippen LogP contribution in [0.25, 0.3) is 0 Å². The van der Waals surface area contributed by atoms with Crippen LogP contribution in [0, 0.1) is 0 Å². The molecule has 1 aliphatic rings. The highest BCUT2D eigenvalue weighted by Gasteiger charge is 2.31. The van der Waals surface area contributed by atoms with Crippen LogP contribution in [-0.2, 0) is 27.8 Å². The van der Waals surface area contributed by atoms with Gasteiger partial charge in [0.25, 0.3) is 0 Å². The second kappa shape index (κ2) is 10.3. The fraction of sp³-hybridized carbons (Fsp3) is 0.348. The molecule has 3 atom stereocenters. The van der Waals surface area contributed by atoms with Crippen LogP contribution < -0.4 is 9.46 Å². The Morgan fingerprint density at radius 2 is 1.78 bits per heavy atom. The zero-order chi connectivity index (χ0) is 22.4. The molecular formula is C23H26N2O6S. The van der Waals surface area contributed by atoms with Gasteiger partial charge in [-0.1, -0.05) is 41.6 Å². The molecule has 0 saturated carbocycles. The van der Waals surface area contributed by atoms with E-state index in [-0.39, 0.29) is 24.2 Å².